The number of fused-ring (bicyclic) bond motifs is 1. The highest BCUT2D eigenvalue weighted by Crippen LogP contribution is 2.30. The maximum absolute atomic E-state index is 11.9. The summed E-state index contributed by atoms with van der Waals surface area (Å²) < 4.78 is 24.6. The molecule has 0 spiro atoms. The molecule has 1 saturated heterocycles. The number of hydrogen-bond donors (Lipinski definition) is 1. The molecule has 8 nitrogen and oxygen atoms in total. The third-order valence-electron chi connectivity index (χ3n) is 5.24. The molecular weight excluding hydrogens is 398 g/mol. The summed E-state index contributed by atoms with van der Waals surface area (Å²) in [7, 11) is 1.83. The van der Waals surface area contributed by atoms with Crippen LogP contribution in [0.1, 0.15) is 29.6 Å². The zero-order chi connectivity index (χ0) is 21.6. The lowest BCUT2D eigenvalue weighted by Gasteiger charge is -2.22. The Morgan fingerprint density at radius 3 is 2.65 bits per heavy atom. The van der Waals surface area contributed by atoms with Crippen LogP contribution in [0.25, 0.3) is 10.9 Å². The van der Waals surface area contributed by atoms with Crippen molar-refractivity contribution >= 4 is 16.8 Å². The van der Waals surface area contributed by atoms with E-state index in [2.05, 4.69) is 5.10 Å². The fourth-order valence-electron chi connectivity index (χ4n) is 3.53. The van der Waals surface area contributed by atoms with Crippen LogP contribution in [0.2, 0.25) is 0 Å². The van der Waals surface area contributed by atoms with Crippen molar-refractivity contribution in [2.24, 2.45) is 12.8 Å². The van der Waals surface area contributed by atoms with Gasteiger partial charge in [0.1, 0.15) is 17.2 Å². The molecule has 0 saturated carbocycles. The van der Waals surface area contributed by atoms with Gasteiger partial charge in [-0.1, -0.05) is 0 Å². The molecule has 0 aliphatic carbocycles. The summed E-state index contributed by atoms with van der Waals surface area (Å²) in [5, 5.41) is 5.03. The summed E-state index contributed by atoms with van der Waals surface area (Å²) in [6, 6.07) is 10.7. The smallest absolute Gasteiger partial charge is 0.252 e. The first-order valence-electron chi connectivity index (χ1n) is 10.5. The van der Waals surface area contributed by atoms with Gasteiger partial charge in [0.2, 0.25) is 0 Å². The summed E-state index contributed by atoms with van der Waals surface area (Å²) in [5.41, 5.74) is 6.70. The van der Waals surface area contributed by atoms with E-state index in [0.717, 1.165) is 49.1 Å². The number of benzene rings is 2. The van der Waals surface area contributed by atoms with E-state index in [-0.39, 0.29) is 0 Å². The Kier molecular flexibility index (Phi) is 6.69. The predicted octanol–water partition coefficient (Wildman–Crippen LogP) is 3.43. The number of aryl methyl sites for hydroxylation is 1. The van der Waals surface area contributed by atoms with E-state index in [1.807, 2.05) is 19.2 Å². The Bertz CT molecular complexity index is 1030. The van der Waals surface area contributed by atoms with Gasteiger partial charge in [-0.15, -0.1) is 0 Å². The Labute approximate surface area is 180 Å². The molecule has 1 aromatic heterocycles. The molecule has 0 radical (unpaired) electrons. The van der Waals surface area contributed by atoms with Gasteiger partial charge >= 0.3 is 0 Å². The molecule has 2 aromatic carbocycles. The Balaban J connectivity index is 1.31. The molecule has 3 aromatic rings. The summed E-state index contributed by atoms with van der Waals surface area (Å²) in [6.45, 7) is 2.82. The van der Waals surface area contributed by atoms with Crippen LogP contribution in [0.3, 0.4) is 0 Å². The van der Waals surface area contributed by atoms with Crippen LogP contribution in [0.15, 0.2) is 42.6 Å². The monoisotopic (exact) mass is 425 g/mol. The first kappa shape index (κ1) is 21.1. The van der Waals surface area contributed by atoms with Gasteiger partial charge < -0.3 is 24.7 Å². The zero-order valence-electron chi connectivity index (χ0n) is 17.6. The second kappa shape index (κ2) is 9.80. The number of carbonyl (C=O) groups excluding carboxylic acids is 1. The number of rotatable bonds is 9. The van der Waals surface area contributed by atoms with Gasteiger partial charge in [0.15, 0.2) is 0 Å². The number of hydrogen-bond acceptors (Lipinski definition) is 6. The SMILES string of the molecule is Cn1ncc2cc(C(N)=O)c(Oc3ccc(OCCCOC4CCOCC4)cc3)cc21. The number of amides is 1. The summed E-state index contributed by atoms with van der Waals surface area (Å²) >= 11 is 0. The molecule has 1 aliphatic heterocycles. The van der Waals surface area contributed by atoms with Crippen molar-refractivity contribution in [3.05, 3.63) is 48.2 Å². The van der Waals surface area contributed by atoms with E-state index in [0.29, 0.717) is 36.4 Å². The number of nitrogens with zero attached hydrogens (tertiary/aromatic N) is 2. The molecule has 2 N–H and O–H groups in total. The lowest BCUT2D eigenvalue weighted by atomic mass is 10.1. The van der Waals surface area contributed by atoms with Crippen molar-refractivity contribution in [1.82, 2.24) is 9.78 Å². The average Bonchev–Trinajstić information content (AvgIpc) is 3.14. The minimum atomic E-state index is -0.552. The number of aromatic nitrogens is 2. The number of carbonyl (C=O) groups is 1. The van der Waals surface area contributed by atoms with Crippen LogP contribution in [0.4, 0.5) is 0 Å². The van der Waals surface area contributed by atoms with Crippen LogP contribution in [-0.2, 0) is 16.5 Å². The van der Waals surface area contributed by atoms with Crippen LogP contribution < -0.4 is 15.2 Å². The Hall–Kier alpha value is -3.10. The lowest BCUT2D eigenvalue weighted by molar-refractivity contribution is -0.0341. The third kappa shape index (κ3) is 5.34. The number of nitrogens with two attached hydrogens (primary N) is 1. The molecule has 1 amide bonds. The van der Waals surface area contributed by atoms with Crippen LogP contribution >= 0.6 is 0 Å². The van der Waals surface area contributed by atoms with Gasteiger partial charge in [0.05, 0.1) is 36.6 Å². The van der Waals surface area contributed by atoms with Crippen LogP contribution in [-0.4, -0.2) is 48.2 Å². The summed E-state index contributed by atoms with van der Waals surface area (Å²) in [5.74, 6) is 1.17. The van der Waals surface area contributed by atoms with E-state index >= 15 is 0 Å². The molecule has 1 fully saturated rings. The molecule has 4 rings (SSSR count). The molecule has 0 bridgehead atoms. The molecule has 0 unspecified atom stereocenters. The van der Waals surface area contributed by atoms with Crippen molar-refractivity contribution in [2.45, 2.75) is 25.4 Å². The van der Waals surface area contributed by atoms with Gasteiger partial charge in [-0.2, -0.15) is 5.10 Å². The van der Waals surface area contributed by atoms with Crippen molar-refractivity contribution < 1.29 is 23.7 Å². The molecule has 8 heteroatoms. The predicted molar refractivity (Wildman–Crippen MR) is 116 cm³/mol. The molecule has 0 atom stereocenters. The van der Waals surface area contributed by atoms with Crippen LogP contribution in [0.5, 0.6) is 17.2 Å². The van der Waals surface area contributed by atoms with E-state index in [1.165, 1.54) is 0 Å². The fourth-order valence-corrected chi connectivity index (χ4v) is 3.53. The van der Waals surface area contributed by atoms with Gasteiger partial charge in [-0.25, -0.2) is 0 Å². The first-order valence-corrected chi connectivity index (χ1v) is 10.5. The van der Waals surface area contributed by atoms with Gasteiger partial charge in [0, 0.05) is 38.1 Å². The first-order chi connectivity index (χ1) is 15.1. The quantitative estimate of drug-likeness (QED) is 0.528. The Morgan fingerprint density at radius 1 is 1.16 bits per heavy atom. The summed E-state index contributed by atoms with van der Waals surface area (Å²) in [4.78, 5) is 11.9. The topological polar surface area (TPSA) is 97.8 Å². The minimum absolute atomic E-state index is 0.307. The van der Waals surface area contributed by atoms with E-state index < -0.39 is 5.91 Å². The van der Waals surface area contributed by atoms with Crippen molar-refractivity contribution in [2.75, 3.05) is 26.4 Å². The van der Waals surface area contributed by atoms with Crippen LogP contribution in [0, 0.1) is 0 Å². The van der Waals surface area contributed by atoms with Gasteiger partial charge in [-0.3, -0.25) is 9.48 Å². The standard InChI is InChI=1S/C23H27N3O5/c1-26-21-14-22(20(23(24)27)13-16(21)15-25-26)31-19-5-3-17(4-6-19)29-9-2-10-30-18-7-11-28-12-8-18/h3-6,13-15,18H,2,7-12H2,1H3,(H2,24,27). The normalized spacial score (nSPS) is 14.6. The minimum Gasteiger partial charge on any atom is -0.494 e. The highest BCUT2D eigenvalue weighted by atomic mass is 16.5. The average molecular weight is 425 g/mol. The second-order valence-electron chi connectivity index (χ2n) is 7.50. The zero-order valence-corrected chi connectivity index (χ0v) is 17.6. The van der Waals surface area contributed by atoms with Gasteiger partial charge in [0.25, 0.3) is 5.91 Å². The van der Waals surface area contributed by atoms with Crippen molar-refractivity contribution in [3.8, 4) is 17.2 Å². The second-order valence-corrected chi connectivity index (χ2v) is 7.50. The fraction of sp³-hybridized carbons (Fsp3) is 0.391. The van der Waals surface area contributed by atoms with E-state index in [9.17, 15) is 4.79 Å². The Morgan fingerprint density at radius 2 is 1.90 bits per heavy atom. The van der Waals surface area contributed by atoms with Crippen molar-refractivity contribution in [1.29, 1.82) is 0 Å². The number of primary amides is 1. The highest BCUT2D eigenvalue weighted by Gasteiger charge is 2.15. The van der Waals surface area contributed by atoms with Crippen molar-refractivity contribution in [3.63, 3.8) is 0 Å². The molecule has 31 heavy (non-hydrogen) atoms. The third-order valence-corrected chi connectivity index (χ3v) is 5.24. The molecule has 1 aliphatic rings. The number of ether oxygens (including phenoxy) is 4. The highest BCUT2D eigenvalue weighted by molar-refractivity contribution is 6.00. The molecule has 2 heterocycles. The maximum atomic E-state index is 11.9. The van der Waals surface area contributed by atoms with E-state index in [4.69, 9.17) is 24.7 Å². The maximum Gasteiger partial charge on any atom is 0.252 e. The largest absolute Gasteiger partial charge is 0.494 e. The van der Waals surface area contributed by atoms with Gasteiger partial charge in [-0.05, 0) is 43.2 Å². The molecular formula is C23H27N3O5. The molecule has 164 valence electrons. The lowest BCUT2D eigenvalue weighted by Crippen LogP contribution is -2.24. The summed E-state index contributed by atoms with van der Waals surface area (Å²) in [6.07, 6.45) is 4.75. The van der Waals surface area contributed by atoms with E-state index in [1.54, 1.807) is 35.1 Å².